The molecule has 1 atom stereocenters. The van der Waals surface area contributed by atoms with E-state index in [-0.39, 0.29) is 17.8 Å². The molecule has 0 radical (unpaired) electrons. The van der Waals surface area contributed by atoms with E-state index in [0.29, 0.717) is 10.8 Å². The fraction of sp³-hybridized carbons (Fsp3) is 0.545. The number of nitrogens with two attached hydrogens (primary N) is 1. The van der Waals surface area contributed by atoms with E-state index in [4.69, 9.17) is 17.3 Å². The molecule has 0 bridgehead atoms. The van der Waals surface area contributed by atoms with Crippen molar-refractivity contribution in [2.24, 2.45) is 11.7 Å². The minimum atomic E-state index is -0.862. The Labute approximate surface area is 105 Å². The first-order chi connectivity index (χ1) is 7.89. The van der Waals surface area contributed by atoms with E-state index in [0.717, 1.165) is 12.8 Å². The standard InChI is InChI=1S/C11H15ClN4O/c1-6-5-8(12)15-10(14-6)16-9(17)11(2,13)7-3-4-7/h5,7H,3-4,13H2,1-2H3,(H,14,15,16,17). The topological polar surface area (TPSA) is 80.9 Å². The third-order valence-electron chi connectivity index (χ3n) is 2.96. The molecular weight excluding hydrogens is 240 g/mol. The minimum Gasteiger partial charge on any atom is -0.317 e. The molecule has 5 nitrogen and oxygen atoms in total. The second-order valence-electron chi connectivity index (χ2n) is 4.67. The van der Waals surface area contributed by atoms with Gasteiger partial charge in [0.05, 0.1) is 5.54 Å². The van der Waals surface area contributed by atoms with Gasteiger partial charge in [-0.15, -0.1) is 0 Å². The van der Waals surface area contributed by atoms with Crippen LogP contribution in [0.3, 0.4) is 0 Å². The molecule has 1 aromatic rings. The molecule has 1 aliphatic carbocycles. The highest BCUT2D eigenvalue weighted by Gasteiger charge is 2.44. The highest BCUT2D eigenvalue weighted by atomic mass is 35.5. The Balaban J connectivity index is 2.12. The predicted molar refractivity (Wildman–Crippen MR) is 65.7 cm³/mol. The second-order valence-corrected chi connectivity index (χ2v) is 5.05. The largest absolute Gasteiger partial charge is 0.317 e. The molecular formula is C11H15ClN4O. The fourth-order valence-electron chi connectivity index (χ4n) is 1.69. The van der Waals surface area contributed by atoms with Crippen LogP contribution in [0.4, 0.5) is 5.95 Å². The number of halogens is 1. The molecule has 0 saturated heterocycles. The van der Waals surface area contributed by atoms with Crippen LogP contribution in [-0.2, 0) is 4.79 Å². The van der Waals surface area contributed by atoms with Crippen molar-refractivity contribution in [3.8, 4) is 0 Å². The molecule has 0 spiro atoms. The average Bonchev–Trinajstić information content (AvgIpc) is 2.98. The maximum Gasteiger partial charge on any atom is 0.246 e. The Morgan fingerprint density at radius 2 is 2.24 bits per heavy atom. The van der Waals surface area contributed by atoms with Crippen molar-refractivity contribution in [3.63, 3.8) is 0 Å². The molecule has 1 aliphatic rings. The van der Waals surface area contributed by atoms with Gasteiger partial charge in [0.1, 0.15) is 5.15 Å². The van der Waals surface area contributed by atoms with E-state index in [2.05, 4.69) is 15.3 Å². The Kier molecular flexibility index (Phi) is 3.05. The van der Waals surface area contributed by atoms with E-state index >= 15 is 0 Å². The number of aromatic nitrogens is 2. The van der Waals surface area contributed by atoms with Crippen LogP contribution >= 0.6 is 11.6 Å². The average molecular weight is 255 g/mol. The molecule has 3 N–H and O–H groups in total. The van der Waals surface area contributed by atoms with E-state index in [9.17, 15) is 4.79 Å². The second kappa shape index (κ2) is 4.23. The van der Waals surface area contributed by atoms with Crippen molar-refractivity contribution in [1.82, 2.24) is 9.97 Å². The summed E-state index contributed by atoms with van der Waals surface area (Å²) in [5.74, 6) is 0.196. The SMILES string of the molecule is Cc1cc(Cl)nc(NC(=O)C(C)(N)C2CC2)n1. The van der Waals surface area contributed by atoms with Gasteiger partial charge in [0.15, 0.2) is 0 Å². The summed E-state index contributed by atoms with van der Waals surface area (Å²) < 4.78 is 0. The van der Waals surface area contributed by atoms with Crippen molar-refractivity contribution in [1.29, 1.82) is 0 Å². The highest BCUT2D eigenvalue weighted by Crippen LogP contribution is 2.38. The van der Waals surface area contributed by atoms with Crippen LogP contribution < -0.4 is 11.1 Å². The van der Waals surface area contributed by atoms with Crippen LogP contribution in [0.25, 0.3) is 0 Å². The number of carbonyl (C=O) groups excluding carboxylic acids is 1. The molecule has 2 rings (SSSR count). The minimum absolute atomic E-state index is 0.206. The summed E-state index contributed by atoms with van der Waals surface area (Å²) in [6, 6.07) is 1.62. The lowest BCUT2D eigenvalue weighted by Gasteiger charge is -2.22. The summed E-state index contributed by atoms with van der Waals surface area (Å²) in [5, 5.41) is 2.92. The predicted octanol–water partition coefficient (Wildman–Crippen LogP) is 1.50. The van der Waals surface area contributed by atoms with Gasteiger partial charge in [-0.25, -0.2) is 9.97 Å². The van der Waals surface area contributed by atoms with Gasteiger partial charge in [0, 0.05) is 5.69 Å². The summed E-state index contributed by atoms with van der Waals surface area (Å²) in [6.07, 6.45) is 1.99. The molecule has 17 heavy (non-hydrogen) atoms. The number of nitrogens with one attached hydrogen (secondary N) is 1. The lowest BCUT2D eigenvalue weighted by atomic mass is 9.96. The maximum atomic E-state index is 12.0. The summed E-state index contributed by atoms with van der Waals surface area (Å²) in [5.41, 5.74) is 5.83. The Bertz CT molecular complexity index is 437. The van der Waals surface area contributed by atoms with Crippen molar-refractivity contribution in [2.45, 2.75) is 32.2 Å². The fourth-order valence-corrected chi connectivity index (χ4v) is 1.93. The Morgan fingerprint density at radius 1 is 1.59 bits per heavy atom. The number of aryl methyl sites for hydroxylation is 1. The zero-order valence-electron chi connectivity index (χ0n) is 9.83. The number of nitrogens with zero attached hydrogens (tertiary/aromatic N) is 2. The zero-order valence-corrected chi connectivity index (χ0v) is 10.6. The van der Waals surface area contributed by atoms with Crippen molar-refractivity contribution in [3.05, 3.63) is 16.9 Å². The van der Waals surface area contributed by atoms with E-state index in [1.54, 1.807) is 19.9 Å². The first-order valence-electron chi connectivity index (χ1n) is 5.51. The van der Waals surface area contributed by atoms with Gasteiger partial charge in [-0.2, -0.15) is 0 Å². The van der Waals surface area contributed by atoms with Gasteiger partial charge >= 0.3 is 0 Å². The molecule has 0 aromatic carbocycles. The third-order valence-corrected chi connectivity index (χ3v) is 3.16. The van der Waals surface area contributed by atoms with Gasteiger partial charge < -0.3 is 5.73 Å². The lowest BCUT2D eigenvalue weighted by molar-refractivity contribution is -0.121. The van der Waals surface area contributed by atoms with Gasteiger partial charge in [-0.1, -0.05) is 11.6 Å². The van der Waals surface area contributed by atoms with Gasteiger partial charge in [0.2, 0.25) is 11.9 Å². The molecule has 1 aromatic heterocycles. The lowest BCUT2D eigenvalue weighted by Crippen LogP contribution is -2.50. The van der Waals surface area contributed by atoms with E-state index in [1.165, 1.54) is 0 Å². The summed E-state index contributed by atoms with van der Waals surface area (Å²) in [4.78, 5) is 20.0. The van der Waals surface area contributed by atoms with Gasteiger partial charge in [0.25, 0.3) is 0 Å². The number of hydrogen-bond acceptors (Lipinski definition) is 4. The van der Waals surface area contributed by atoms with Crippen molar-refractivity contribution in [2.75, 3.05) is 5.32 Å². The molecule has 92 valence electrons. The van der Waals surface area contributed by atoms with E-state index in [1.807, 2.05) is 0 Å². The van der Waals surface area contributed by atoms with Crippen LogP contribution in [0.2, 0.25) is 5.15 Å². The quantitative estimate of drug-likeness (QED) is 0.801. The van der Waals surface area contributed by atoms with Crippen molar-refractivity contribution < 1.29 is 4.79 Å². The summed E-state index contributed by atoms with van der Waals surface area (Å²) >= 11 is 5.79. The molecule has 1 fully saturated rings. The van der Waals surface area contributed by atoms with Crippen LogP contribution in [0, 0.1) is 12.8 Å². The summed E-state index contributed by atoms with van der Waals surface area (Å²) in [6.45, 7) is 3.52. The van der Waals surface area contributed by atoms with Crippen LogP contribution in [0.1, 0.15) is 25.5 Å². The zero-order chi connectivity index (χ0) is 12.6. The maximum absolute atomic E-state index is 12.0. The van der Waals surface area contributed by atoms with Crippen LogP contribution in [0.15, 0.2) is 6.07 Å². The molecule has 1 saturated carbocycles. The van der Waals surface area contributed by atoms with Gasteiger partial charge in [-0.05, 0) is 38.7 Å². The van der Waals surface area contributed by atoms with Crippen molar-refractivity contribution >= 4 is 23.5 Å². The number of amides is 1. The highest BCUT2D eigenvalue weighted by molar-refractivity contribution is 6.29. The van der Waals surface area contributed by atoms with Crippen LogP contribution in [0.5, 0.6) is 0 Å². The number of rotatable bonds is 3. The molecule has 1 amide bonds. The molecule has 1 heterocycles. The monoisotopic (exact) mass is 254 g/mol. The normalized spacial score (nSPS) is 18.6. The smallest absolute Gasteiger partial charge is 0.246 e. The summed E-state index contributed by atoms with van der Waals surface area (Å²) in [7, 11) is 0. The Morgan fingerprint density at radius 3 is 2.76 bits per heavy atom. The van der Waals surface area contributed by atoms with E-state index < -0.39 is 5.54 Å². The first kappa shape index (κ1) is 12.3. The molecule has 0 aliphatic heterocycles. The number of carbonyl (C=O) groups is 1. The first-order valence-corrected chi connectivity index (χ1v) is 5.89. The number of hydrogen-bond donors (Lipinski definition) is 2. The molecule has 6 heteroatoms. The molecule has 1 unspecified atom stereocenters. The number of anilines is 1. The van der Waals surface area contributed by atoms with Gasteiger partial charge in [-0.3, -0.25) is 10.1 Å². The Hall–Kier alpha value is -1.20. The van der Waals surface area contributed by atoms with Crippen LogP contribution in [-0.4, -0.2) is 21.4 Å². The third kappa shape index (κ3) is 2.73.